The third kappa shape index (κ3) is 3.81. The van der Waals surface area contributed by atoms with Gasteiger partial charge in [0, 0.05) is 19.1 Å². The fourth-order valence-corrected chi connectivity index (χ4v) is 3.23. The molecule has 1 heterocycles. The topological polar surface area (TPSA) is 49.9 Å². The Kier molecular flexibility index (Phi) is 4.79. The summed E-state index contributed by atoms with van der Waals surface area (Å²) in [6.45, 7) is 1.10. The number of ether oxygens (including phenoxy) is 1. The van der Waals surface area contributed by atoms with Gasteiger partial charge < -0.3 is 9.64 Å². The Balaban J connectivity index is 1.49. The molecule has 0 aromatic heterocycles. The Morgan fingerprint density at radius 1 is 1.22 bits per heavy atom. The predicted octanol–water partition coefficient (Wildman–Crippen LogP) is 2.36. The number of carbonyl (C=O) groups excluding carboxylic acids is 2. The molecular formula is C17H21FN2O3. The Morgan fingerprint density at radius 2 is 2.00 bits per heavy atom. The summed E-state index contributed by atoms with van der Waals surface area (Å²) in [6.07, 6.45) is 0.380. The fraction of sp³-hybridized carbons (Fsp3) is 0.529. The van der Waals surface area contributed by atoms with Crippen LogP contribution in [0.1, 0.15) is 24.8 Å². The second-order valence-corrected chi connectivity index (χ2v) is 6.11. The van der Waals surface area contributed by atoms with Crippen LogP contribution in [-0.2, 0) is 16.1 Å². The van der Waals surface area contributed by atoms with Crippen LogP contribution in [0, 0.1) is 0 Å². The highest BCUT2D eigenvalue weighted by atomic mass is 19.1. The number of amides is 2. The van der Waals surface area contributed by atoms with E-state index in [0.717, 1.165) is 5.56 Å². The first-order valence-electron chi connectivity index (χ1n) is 8.02. The van der Waals surface area contributed by atoms with Crippen molar-refractivity contribution < 1.29 is 18.7 Å². The number of hydrogen-bond donors (Lipinski definition) is 0. The van der Waals surface area contributed by atoms with Crippen LogP contribution in [0.15, 0.2) is 30.3 Å². The van der Waals surface area contributed by atoms with Gasteiger partial charge in [-0.2, -0.15) is 0 Å². The molecule has 6 heteroatoms. The van der Waals surface area contributed by atoms with Gasteiger partial charge in [-0.25, -0.2) is 9.18 Å². The van der Waals surface area contributed by atoms with Crippen molar-refractivity contribution in [1.82, 2.24) is 9.80 Å². The molecule has 1 aromatic carbocycles. The van der Waals surface area contributed by atoms with Crippen molar-refractivity contribution in [1.29, 1.82) is 0 Å². The van der Waals surface area contributed by atoms with Crippen LogP contribution in [0.2, 0.25) is 0 Å². The fourth-order valence-electron chi connectivity index (χ4n) is 3.23. The average Bonchev–Trinajstić information content (AvgIpc) is 2.99. The second-order valence-electron chi connectivity index (χ2n) is 6.11. The number of alkyl halides is 1. The Labute approximate surface area is 135 Å². The van der Waals surface area contributed by atoms with E-state index in [4.69, 9.17) is 4.74 Å². The zero-order valence-electron chi connectivity index (χ0n) is 13.0. The molecule has 1 saturated carbocycles. The van der Waals surface area contributed by atoms with Crippen molar-refractivity contribution in [3.63, 3.8) is 0 Å². The Hall–Kier alpha value is -2.11. The van der Waals surface area contributed by atoms with Crippen molar-refractivity contribution in [2.45, 2.75) is 38.1 Å². The van der Waals surface area contributed by atoms with Crippen molar-refractivity contribution in [3.05, 3.63) is 35.9 Å². The quantitative estimate of drug-likeness (QED) is 0.859. The van der Waals surface area contributed by atoms with Crippen LogP contribution >= 0.6 is 0 Å². The summed E-state index contributed by atoms with van der Waals surface area (Å²) in [4.78, 5) is 27.4. The molecule has 0 spiro atoms. The highest BCUT2D eigenvalue weighted by molar-refractivity contribution is 5.83. The molecule has 2 aliphatic rings. The number of benzene rings is 1. The van der Waals surface area contributed by atoms with Crippen LogP contribution in [-0.4, -0.2) is 53.6 Å². The molecule has 5 nitrogen and oxygen atoms in total. The van der Waals surface area contributed by atoms with Crippen LogP contribution < -0.4 is 0 Å². The summed E-state index contributed by atoms with van der Waals surface area (Å²) < 4.78 is 18.5. The average molecular weight is 320 g/mol. The van der Waals surface area contributed by atoms with E-state index < -0.39 is 12.3 Å². The van der Waals surface area contributed by atoms with Crippen molar-refractivity contribution >= 4 is 12.0 Å². The first kappa shape index (κ1) is 15.8. The molecule has 1 aliphatic carbocycles. The SMILES string of the molecule is O=C(OCc1ccccc1)N1CCN([C@H]2CC[C@@H](F)C2)C(=O)C1. The van der Waals surface area contributed by atoms with E-state index in [9.17, 15) is 14.0 Å². The molecule has 124 valence electrons. The molecule has 2 amide bonds. The summed E-state index contributed by atoms with van der Waals surface area (Å²) in [5.41, 5.74) is 0.908. The van der Waals surface area contributed by atoms with Crippen molar-refractivity contribution in [3.8, 4) is 0 Å². The molecule has 0 N–H and O–H groups in total. The minimum atomic E-state index is -0.804. The van der Waals surface area contributed by atoms with Crippen LogP contribution in [0.4, 0.5) is 9.18 Å². The van der Waals surface area contributed by atoms with E-state index in [1.165, 1.54) is 4.90 Å². The van der Waals surface area contributed by atoms with Crippen LogP contribution in [0.5, 0.6) is 0 Å². The zero-order chi connectivity index (χ0) is 16.2. The van der Waals surface area contributed by atoms with Gasteiger partial charge in [0.05, 0.1) is 0 Å². The summed E-state index contributed by atoms with van der Waals surface area (Å²) in [7, 11) is 0. The second kappa shape index (κ2) is 6.98. The summed E-state index contributed by atoms with van der Waals surface area (Å²) in [5.74, 6) is -0.119. The van der Waals surface area contributed by atoms with E-state index in [-0.39, 0.29) is 25.1 Å². The van der Waals surface area contributed by atoms with Gasteiger partial charge in [0.1, 0.15) is 19.3 Å². The number of carbonyl (C=O) groups is 2. The number of nitrogens with zero attached hydrogens (tertiary/aromatic N) is 2. The molecule has 1 saturated heterocycles. The molecule has 0 bridgehead atoms. The molecule has 2 atom stereocenters. The summed E-state index contributed by atoms with van der Waals surface area (Å²) >= 11 is 0. The lowest BCUT2D eigenvalue weighted by molar-refractivity contribution is -0.138. The number of rotatable bonds is 3. The van der Waals surface area contributed by atoms with E-state index >= 15 is 0 Å². The van der Waals surface area contributed by atoms with Gasteiger partial charge >= 0.3 is 6.09 Å². The largest absolute Gasteiger partial charge is 0.445 e. The van der Waals surface area contributed by atoms with Crippen molar-refractivity contribution in [2.75, 3.05) is 19.6 Å². The van der Waals surface area contributed by atoms with E-state index in [0.29, 0.717) is 32.4 Å². The number of hydrogen-bond acceptors (Lipinski definition) is 3. The van der Waals surface area contributed by atoms with E-state index in [2.05, 4.69) is 0 Å². The summed E-state index contributed by atoms with van der Waals surface area (Å²) in [5, 5.41) is 0. The Morgan fingerprint density at radius 3 is 2.65 bits per heavy atom. The minimum Gasteiger partial charge on any atom is -0.445 e. The maximum Gasteiger partial charge on any atom is 0.410 e. The number of piperazine rings is 1. The first-order chi connectivity index (χ1) is 11.1. The first-order valence-corrected chi connectivity index (χ1v) is 8.02. The predicted molar refractivity (Wildman–Crippen MR) is 82.4 cm³/mol. The van der Waals surface area contributed by atoms with Gasteiger partial charge in [-0.1, -0.05) is 30.3 Å². The molecule has 3 rings (SSSR count). The van der Waals surface area contributed by atoms with Gasteiger partial charge in [-0.3, -0.25) is 9.69 Å². The maximum absolute atomic E-state index is 13.3. The highest BCUT2D eigenvalue weighted by Gasteiger charge is 2.36. The van der Waals surface area contributed by atoms with Crippen LogP contribution in [0.3, 0.4) is 0 Å². The highest BCUT2D eigenvalue weighted by Crippen LogP contribution is 2.27. The van der Waals surface area contributed by atoms with Gasteiger partial charge in [-0.05, 0) is 24.8 Å². The Bertz CT molecular complexity index is 566. The zero-order valence-corrected chi connectivity index (χ0v) is 13.0. The lowest BCUT2D eigenvalue weighted by Crippen LogP contribution is -2.55. The standard InChI is InChI=1S/C17H21FN2O3/c18-14-6-7-15(10-14)20-9-8-19(11-16(20)21)17(22)23-12-13-4-2-1-3-5-13/h1-5,14-15H,6-12H2/t14-,15+/m1/s1. The van der Waals surface area contributed by atoms with Gasteiger partial charge in [0.15, 0.2) is 0 Å². The molecule has 1 aromatic rings. The summed E-state index contributed by atoms with van der Waals surface area (Å²) in [6, 6.07) is 9.40. The third-order valence-electron chi connectivity index (χ3n) is 4.50. The molecule has 2 fully saturated rings. The molecule has 0 unspecified atom stereocenters. The lowest BCUT2D eigenvalue weighted by atomic mass is 10.2. The van der Waals surface area contributed by atoms with E-state index in [1.807, 2.05) is 30.3 Å². The van der Waals surface area contributed by atoms with E-state index in [1.54, 1.807) is 4.90 Å². The van der Waals surface area contributed by atoms with Gasteiger partial charge in [0.2, 0.25) is 5.91 Å². The number of halogens is 1. The van der Waals surface area contributed by atoms with Gasteiger partial charge in [0.25, 0.3) is 0 Å². The minimum absolute atomic E-state index is 0.0139. The molecule has 23 heavy (non-hydrogen) atoms. The monoisotopic (exact) mass is 320 g/mol. The van der Waals surface area contributed by atoms with Crippen LogP contribution in [0.25, 0.3) is 0 Å². The smallest absolute Gasteiger partial charge is 0.410 e. The maximum atomic E-state index is 13.3. The van der Waals surface area contributed by atoms with Crippen molar-refractivity contribution in [2.24, 2.45) is 0 Å². The molecular weight excluding hydrogens is 299 g/mol. The van der Waals surface area contributed by atoms with Gasteiger partial charge in [-0.15, -0.1) is 0 Å². The normalized spacial score (nSPS) is 24.8. The molecule has 0 radical (unpaired) electrons. The lowest BCUT2D eigenvalue weighted by Gasteiger charge is -2.37. The third-order valence-corrected chi connectivity index (χ3v) is 4.50. The molecule has 1 aliphatic heterocycles.